The van der Waals surface area contributed by atoms with Gasteiger partial charge in [0.25, 0.3) is 0 Å². The van der Waals surface area contributed by atoms with Gasteiger partial charge >= 0.3 is 0 Å². The van der Waals surface area contributed by atoms with Crippen LogP contribution in [0.15, 0.2) is 35.3 Å². The third-order valence-electron chi connectivity index (χ3n) is 3.94. The predicted octanol–water partition coefficient (Wildman–Crippen LogP) is 3.13. The molecule has 5 heteroatoms. The minimum atomic E-state index is 0. The second-order valence-corrected chi connectivity index (χ2v) is 5.68. The van der Waals surface area contributed by atoms with E-state index in [0.717, 1.165) is 31.5 Å². The Morgan fingerprint density at radius 1 is 1.27 bits per heavy atom. The minimum Gasteiger partial charge on any atom is -0.375 e. The van der Waals surface area contributed by atoms with Gasteiger partial charge in [0.05, 0.1) is 13.2 Å². The van der Waals surface area contributed by atoms with Crippen LogP contribution in [-0.2, 0) is 11.3 Å². The molecular formula is C17H28IN3O. The average Bonchev–Trinajstić information content (AvgIpc) is 2.53. The third kappa shape index (κ3) is 6.52. The summed E-state index contributed by atoms with van der Waals surface area (Å²) in [7, 11) is 1.85. The minimum absolute atomic E-state index is 0. The molecule has 0 amide bonds. The molecule has 1 aliphatic heterocycles. The zero-order valence-electron chi connectivity index (χ0n) is 13.6. The molecule has 0 spiro atoms. The van der Waals surface area contributed by atoms with E-state index in [0.29, 0.717) is 13.2 Å². The number of ether oxygens (including phenoxy) is 1. The van der Waals surface area contributed by atoms with Crippen molar-refractivity contribution in [2.24, 2.45) is 10.9 Å². The Labute approximate surface area is 151 Å². The number of piperidine rings is 1. The van der Waals surface area contributed by atoms with E-state index >= 15 is 0 Å². The summed E-state index contributed by atoms with van der Waals surface area (Å²) < 4.78 is 5.68. The zero-order chi connectivity index (χ0) is 14.9. The maximum absolute atomic E-state index is 5.68. The number of nitrogens with zero attached hydrogens (tertiary/aromatic N) is 2. The largest absolute Gasteiger partial charge is 0.375 e. The lowest BCUT2D eigenvalue weighted by atomic mass is 10.00. The molecule has 22 heavy (non-hydrogen) atoms. The topological polar surface area (TPSA) is 36.9 Å². The van der Waals surface area contributed by atoms with Crippen molar-refractivity contribution in [2.75, 3.05) is 33.3 Å². The molecule has 4 nitrogen and oxygen atoms in total. The van der Waals surface area contributed by atoms with Crippen LogP contribution in [0.1, 0.15) is 25.3 Å². The van der Waals surface area contributed by atoms with Crippen LogP contribution in [0.2, 0.25) is 0 Å². The van der Waals surface area contributed by atoms with Crippen molar-refractivity contribution in [3.8, 4) is 0 Å². The van der Waals surface area contributed by atoms with E-state index < -0.39 is 0 Å². The third-order valence-corrected chi connectivity index (χ3v) is 3.94. The number of likely N-dealkylation sites (tertiary alicyclic amines) is 1. The Kier molecular flexibility index (Phi) is 9.47. The maximum Gasteiger partial charge on any atom is 0.193 e. The van der Waals surface area contributed by atoms with Crippen molar-refractivity contribution < 1.29 is 4.74 Å². The van der Waals surface area contributed by atoms with Crippen LogP contribution in [0.3, 0.4) is 0 Å². The van der Waals surface area contributed by atoms with Gasteiger partial charge in [0, 0.05) is 26.7 Å². The monoisotopic (exact) mass is 417 g/mol. The predicted molar refractivity (Wildman–Crippen MR) is 103 cm³/mol. The molecule has 1 aromatic carbocycles. The standard InChI is InChI=1S/C17H27N3O.HI/c1-15-8-11-20(12-9-15)17(18-2)19-10-13-21-14-16-6-4-3-5-7-16;/h3-7,15H,8-14H2,1-2H3,(H,18,19);1H. The quantitative estimate of drug-likeness (QED) is 0.346. The van der Waals surface area contributed by atoms with Crippen LogP contribution in [-0.4, -0.2) is 44.1 Å². The van der Waals surface area contributed by atoms with E-state index in [1.165, 1.54) is 18.4 Å². The maximum atomic E-state index is 5.68. The highest BCUT2D eigenvalue weighted by atomic mass is 127. The van der Waals surface area contributed by atoms with E-state index in [4.69, 9.17) is 4.74 Å². The fourth-order valence-electron chi connectivity index (χ4n) is 2.55. The summed E-state index contributed by atoms with van der Waals surface area (Å²) in [4.78, 5) is 6.71. The molecule has 0 radical (unpaired) electrons. The number of nitrogens with one attached hydrogen (secondary N) is 1. The highest BCUT2D eigenvalue weighted by Crippen LogP contribution is 2.15. The van der Waals surface area contributed by atoms with E-state index in [-0.39, 0.29) is 24.0 Å². The molecule has 0 bridgehead atoms. The number of aliphatic imine (C=N–C) groups is 1. The SMILES string of the molecule is CN=C(NCCOCc1ccccc1)N1CCC(C)CC1.I. The van der Waals surface area contributed by atoms with Crippen LogP contribution in [0, 0.1) is 5.92 Å². The van der Waals surface area contributed by atoms with Crippen molar-refractivity contribution >= 4 is 29.9 Å². The number of rotatable bonds is 5. The fourth-order valence-corrected chi connectivity index (χ4v) is 2.55. The molecule has 0 aromatic heterocycles. The Hall–Kier alpha value is -0.820. The average molecular weight is 417 g/mol. The molecule has 0 aliphatic carbocycles. The summed E-state index contributed by atoms with van der Waals surface area (Å²) in [6.07, 6.45) is 2.51. The smallest absolute Gasteiger partial charge is 0.193 e. The summed E-state index contributed by atoms with van der Waals surface area (Å²) >= 11 is 0. The van der Waals surface area contributed by atoms with Gasteiger partial charge in [-0.15, -0.1) is 24.0 Å². The van der Waals surface area contributed by atoms with Crippen LogP contribution >= 0.6 is 24.0 Å². The molecule has 1 fully saturated rings. The van der Waals surface area contributed by atoms with Gasteiger partial charge in [-0.05, 0) is 24.3 Å². The highest BCUT2D eigenvalue weighted by molar-refractivity contribution is 14.0. The second kappa shape index (κ2) is 10.8. The fraction of sp³-hybridized carbons (Fsp3) is 0.588. The van der Waals surface area contributed by atoms with E-state index in [1.807, 2.05) is 25.2 Å². The first kappa shape index (κ1) is 19.2. The summed E-state index contributed by atoms with van der Waals surface area (Å²) in [5.74, 6) is 1.85. The Morgan fingerprint density at radius 2 is 1.95 bits per heavy atom. The molecule has 1 N–H and O–H groups in total. The van der Waals surface area contributed by atoms with Crippen LogP contribution in [0.5, 0.6) is 0 Å². The molecule has 1 aromatic rings. The number of hydrogen-bond acceptors (Lipinski definition) is 2. The molecule has 124 valence electrons. The van der Waals surface area contributed by atoms with Gasteiger partial charge < -0.3 is 15.0 Å². The first-order chi connectivity index (χ1) is 10.3. The van der Waals surface area contributed by atoms with E-state index in [2.05, 4.69) is 34.3 Å². The Morgan fingerprint density at radius 3 is 2.59 bits per heavy atom. The lowest BCUT2D eigenvalue weighted by Gasteiger charge is -2.32. The van der Waals surface area contributed by atoms with Crippen LogP contribution in [0.4, 0.5) is 0 Å². The van der Waals surface area contributed by atoms with E-state index in [1.54, 1.807) is 0 Å². The molecule has 1 heterocycles. The molecule has 0 saturated carbocycles. The molecule has 1 aliphatic rings. The van der Waals surface area contributed by atoms with Crippen molar-refractivity contribution in [1.29, 1.82) is 0 Å². The van der Waals surface area contributed by atoms with Gasteiger partial charge in [-0.2, -0.15) is 0 Å². The summed E-state index contributed by atoms with van der Waals surface area (Å²) in [6.45, 7) is 6.69. The van der Waals surface area contributed by atoms with Crippen LogP contribution in [0.25, 0.3) is 0 Å². The number of halogens is 1. The molecular weight excluding hydrogens is 389 g/mol. The first-order valence-electron chi connectivity index (χ1n) is 7.87. The van der Waals surface area contributed by atoms with Gasteiger partial charge in [0.2, 0.25) is 0 Å². The molecule has 0 unspecified atom stereocenters. The lowest BCUT2D eigenvalue weighted by molar-refractivity contribution is 0.124. The van der Waals surface area contributed by atoms with Crippen molar-refractivity contribution in [3.63, 3.8) is 0 Å². The van der Waals surface area contributed by atoms with E-state index in [9.17, 15) is 0 Å². The summed E-state index contributed by atoms with van der Waals surface area (Å²) in [5, 5.41) is 3.39. The normalized spacial score (nSPS) is 16.3. The number of hydrogen-bond donors (Lipinski definition) is 1. The summed E-state index contributed by atoms with van der Waals surface area (Å²) in [6, 6.07) is 10.3. The molecule has 0 atom stereocenters. The first-order valence-corrected chi connectivity index (χ1v) is 7.87. The van der Waals surface area contributed by atoms with Gasteiger partial charge in [-0.25, -0.2) is 0 Å². The van der Waals surface area contributed by atoms with Crippen LogP contribution < -0.4 is 5.32 Å². The summed E-state index contributed by atoms with van der Waals surface area (Å²) in [5.41, 5.74) is 1.21. The Bertz CT molecular complexity index is 431. The van der Waals surface area contributed by atoms with Gasteiger partial charge in [0.15, 0.2) is 5.96 Å². The van der Waals surface area contributed by atoms with Crippen molar-refractivity contribution in [3.05, 3.63) is 35.9 Å². The molecule has 1 saturated heterocycles. The Balaban J connectivity index is 0.00000242. The number of guanidine groups is 1. The van der Waals surface area contributed by atoms with Gasteiger partial charge in [-0.3, -0.25) is 4.99 Å². The van der Waals surface area contributed by atoms with Gasteiger partial charge in [-0.1, -0.05) is 37.3 Å². The van der Waals surface area contributed by atoms with Gasteiger partial charge in [0.1, 0.15) is 0 Å². The second-order valence-electron chi connectivity index (χ2n) is 5.68. The van der Waals surface area contributed by atoms with Crippen molar-refractivity contribution in [2.45, 2.75) is 26.4 Å². The highest BCUT2D eigenvalue weighted by Gasteiger charge is 2.18. The lowest BCUT2D eigenvalue weighted by Crippen LogP contribution is -2.46. The number of benzene rings is 1. The zero-order valence-corrected chi connectivity index (χ0v) is 16.0. The van der Waals surface area contributed by atoms with Crippen molar-refractivity contribution in [1.82, 2.24) is 10.2 Å². The molecule has 2 rings (SSSR count).